The number of nitrogens with one attached hydrogen (secondary N) is 1. The Balaban J connectivity index is 1.81. The lowest BCUT2D eigenvalue weighted by Crippen LogP contribution is -2.39. The standard InChI is InChI=1S/C25H28F3N5O/c1-4-20(16-10-17(25(26,27)28)12-18(29)11-16)32-23-19-14-33(24(3)8-6-5-7-9-24)22(34)13-21(19)30-15(2)31-23/h4,10-14,20H,1,5-9,29H2,2-3H3,(H,30,31,32). The number of hydrogen-bond donors (Lipinski definition) is 2. The topological polar surface area (TPSA) is 85.8 Å². The Hall–Kier alpha value is -3.36. The van der Waals surface area contributed by atoms with Gasteiger partial charge in [0.2, 0.25) is 0 Å². The maximum Gasteiger partial charge on any atom is 0.416 e. The monoisotopic (exact) mass is 471 g/mol. The SMILES string of the molecule is C=CC(Nc1nc(C)nc2cc(=O)n(C3(C)CCCCC3)cc12)c1cc(N)cc(C(F)(F)F)c1. The lowest BCUT2D eigenvalue weighted by Gasteiger charge is -2.35. The minimum atomic E-state index is -4.53. The van der Waals surface area contributed by atoms with Crippen LogP contribution in [0.2, 0.25) is 0 Å². The van der Waals surface area contributed by atoms with Crippen molar-refractivity contribution in [2.45, 2.75) is 63.7 Å². The Labute approximate surface area is 195 Å². The molecule has 1 saturated carbocycles. The fraction of sp³-hybridized carbons (Fsp3) is 0.400. The Bertz CT molecular complexity index is 1290. The molecular formula is C25H28F3N5O. The zero-order valence-electron chi connectivity index (χ0n) is 19.2. The zero-order valence-corrected chi connectivity index (χ0v) is 19.2. The van der Waals surface area contributed by atoms with Crippen LogP contribution < -0.4 is 16.6 Å². The predicted molar refractivity (Wildman–Crippen MR) is 128 cm³/mol. The first-order valence-electron chi connectivity index (χ1n) is 11.3. The molecule has 1 aliphatic rings. The van der Waals surface area contributed by atoms with Crippen molar-refractivity contribution in [3.05, 3.63) is 70.4 Å². The summed E-state index contributed by atoms with van der Waals surface area (Å²) >= 11 is 0. The molecule has 0 bridgehead atoms. The van der Waals surface area contributed by atoms with Gasteiger partial charge in [-0.2, -0.15) is 13.2 Å². The van der Waals surface area contributed by atoms with Crippen molar-refractivity contribution in [3.63, 3.8) is 0 Å². The molecule has 6 nitrogen and oxygen atoms in total. The lowest BCUT2D eigenvalue weighted by atomic mass is 9.83. The normalized spacial score (nSPS) is 16.9. The molecule has 9 heteroatoms. The van der Waals surface area contributed by atoms with Crippen LogP contribution in [0.25, 0.3) is 10.9 Å². The van der Waals surface area contributed by atoms with Crippen LogP contribution in [-0.4, -0.2) is 14.5 Å². The van der Waals surface area contributed by atoms with E-state index in [1.807, 2.05) is 0 Å². The van der Waals surface area contributed by atoms with Gasteiger partial charge in [0.25, 0.3) is 5.56 Å². The van der Waals surface area contributed by atoms with Crippen LogP contribution >= 0.6 is 0 Å². The van der Waals surface area contributed by atoms with Crippen LogP contribution in [0.4, 0.5) is 24.7 Å². The summed E-state index contributed by atoms with van der Waals surface area (Å²) in [6.07, 6.45) is 3.77. The average Bonchev–Trinajstić information content (AvgIpc) is 2.76. The zero-order chi connectivity index (χ0) is 24.7. The maximum absolute atomic E-state index is 13.3. The molecule has 34 heavy (non-hydrogen) atoms. The molecule has 180 valence electrons. The van der Waals surface area contributed by atoms with Gasteiger partial charge in [-0.25, -0.2) is 9.97 Å². The number of halogens is 3. The van der Waals surface area contributed by atoms with E-state index in [-0.39, 0.29) is 16.8 Å². The van der Waals surface area contributed by atoms with Crippen molar-refractivity contribution < 1.29 is 13.2 Å². The highest BCUT2D eigenvalue weighted by Crippen LogP contribution is 2.36. The molecule has 0 amide bonds. The summed E-state index contributed by atoms with van der Waals surface area (Å²) in [5.41, 5.74) is 5.27. The van der Waals surface area contributed by atoms with Gasteiger partial charge in [0.05, 0.1) is 22.5 Å². The molecule has 2 aromatic heterocycles. The summed E-state index contributed by atoms with van der Waals surface area (Å²) in [7, 11) is 0. The number of rotatable bonds is 5. The minimum Gasteiger partial charge on any atom is -0.399 e. The molecule has 1 aliphatic carbocycles. The number of nitrogens with two attached hydrogens (primary N) is 1. The van der Waals surface area contributed by atoms with E-state index in [1.54, 1.807) is 17.7 Å². The average molecular weight is 472 g/mol. The summed E-state index contributed by atoms with van der Waals surface area (Å²) in [5, 5.41) is 3.80. The molecule has 4 rings (SSSR count). The number of aromatic nitrogens is 3. The Morgan fingerprint density at radius 2 is 1.88 bits per heavy atom. The minimum absolute atomic E-state index is 0.00117. The summed E-state index contributed by atoms with van der Waals surface area (Å²) in [5.74, 6) is 0.846. The molecule has 3 aromatic rings. The van der Waals surface area contributed by atoms with Gasteiger partial charge < -0.3 is 15.6 Å². The highest BCUT2D eigenvalue weighted by molar-refractivity contribution is 5.88. The number of benzene rings is 1. The van der Waals surface area contributed by atoms with Gasteiger partial charge in [0, 0.05) is 23.5 Å². The van der Waals surface area contributed by atoms with E-state index in [0.717, 1.165) is 44.2 Å². The number of pyridine rings is 1. The van der Waals surface area contributed by atoms with Crippen LogP contribution in [0.1, 0.15) is 62.0 Å². The largest absolute Gasteiger partial charge is 0.416 e. The molecule has 3 N–H and O–H groups in total. The van der Waals surface area contributed by atoms with E-state index < -0.39 is 17.8 Å². The molecule has 0 radical (unpaired) electrons. The summed E-state index contributed by atoms with van der Waals surface area (Å²) in [4.78, 5) is 21.9. The number of anilines is 2. The van der Waals surface area contributed by atoms with Crippen molar-refractivity contribution in [2.24, 2.45) is 0 Å². The first-order chi connectivity index (χ1) is 16.0. The van der Waals surface area contributed by atoms with Crippen molar-refractivity contribution in [3.8, 4) is 0 Å². The molecule has 1 unspecified atom stereocenters. The van der Waals surface area contributed by atoms with Crippen LogP contribution in [-0.2, 0) is 11.7 Å². The molecule has 1 atom stereocenters. The third kappa shape index (κ3) is 4.64. The number of nitrogen functional groups attached to an aromatic ring is 1. The number of hydrogen-bond acceptors (Lipinski definition) is 5. The van der Waals surface area contributed by atoms with Gasteiger partial charge in [0.15, 0.2) is 0 Å². The first kappa shape index (κ1) is 23.8. The van der Waals surface area contributed by atoms with Crippen LogP contribution in [0.5, 0.6) is 0 Å². The Kier molecular flexibility index (Phi) is 6.14. The van der Waals surface area contributed by atoms with Gasteiger partial charge in [-0.1, -0.05) is 25.3 Å². The van der Waals surface area contributed by atoms with Crippen LogP contribution in [0.15, 0.2) is 47.9 Å². The fourth-order valence-corrected chi connectivity index (χ4v) is 4.75. The van der Waals surface area contributed by atoms with E-state index in [2.05, 4.69) is 28.8 Å². The number of alkyl halides is 3. The second-order valence-electron chi connectivity index (χ2n) is 9.20. The van der Waals surface area contributed by atoms with Crippen molar-refractivity contribution in [1.82, 2.24) is 14.5 Å². The molecule has 0 aliphatic heterocycles. The molecule has 0 saturated heterocycles. The van der Waals surface area contributed by atoms with Gasteiger partial charge in [-0.15, -0.1) is 6.58 Å². The molecule has 0 spiro atoms. The van der Waals surface area contributed by atoms with E-state index in [4.69, 9.17) is 5.73 Å². The van der Waals surface area contributed by atoms with E-state index in [0.29, 0.717) is 28.1 Å². The second-order valence-corrected chi connectivity index (χ2v) is 9.20. The highest BCUT2D eigenvalue weighted by atomic mass is 19.4. The van der Waals surface area contributed by atoms with Crippen molar-refractivity contribution in [2.75, 3.05) is 11.1 Å². The predicted octanol–water partition coefficient (Wildman–Crippen LogP) is 5.72. The van der Waals surface area contributed by atoms with E-state index in [9.17, 15) is 18.0 Å². The molecule has 1 aromatic carbocycles. The third-order valence-electron chi connectivity index (χ3n) is 6.55. The highest BCUT2D eigenvalue weighted by Gasteiger charge is 2.32. The van der Waals surface area contributed by atoms with Crippen LogP contribution in [0, 0.1) is 6.92 Å². The van der Waals surface area contributed by atoms with Gasteiger partial charge >= 0.3 is 6.18 Å². The number of nitrogens with zero attached hydrogens (tertiary/aromatic N) is 3. The quantitative estimate of drug-likeness (QED) is 0.367. The van der Waals surface area contributed by atoms with Gasteiger partial charge in [-0.3, -0.25) is 4.79 Å². The Morgan fingerprint density at radius 3 is 2.53 bits per heavy atom. The fourth-order valence-electron chi connectivity index (χ4n) is 4.75. The molecule has 1 fully saturated rings. The number of aryl methyl sites for hydroxylation is 1. The molecule has 2 heterocycles. The van der Waals surface area contributed by atoms with Crippen molar-refractivity contribution in [1.29, 1.82) is 0 Å². The second kappa shape index (κ2) is 8.77. The van der Waals surface area contributed by atoms with E-state index in [1.165, 1.54) is 18.2 Å². The molecular weight excluding hydrogens is 443 g/mol. The van der Waals surface area contributed by atoms with Crippen molar-refractivity contribution >= 4 is 22.4 Å². The van der Waals surface area contributed by atoms with Gasteiger partial charge in [0.1, 0.15) is 11.6 Å². The smallest absolute Gasteiger partial charge is 0.399 e. The Morgan fingerprint density at radius 1 is 1.18 bits per heavy atom. The summed E-state index contributed by atoms with van der Waals surface area (Å²) in [6.45, 7) is 7.57. The summed E-state index contributed by atoms with van der Waals surface area (Å²) < 4.78 is 41.8. The first-order valence-corrected chi connectivity index (χ1v) is 11.3. The van der Waals surface area contributed by atoms with Crippen LogP contribution in [0.3, 0.4) is 0 Å². The van der Waals surface area contributed by atoms with Gasteiger partial charge in [-0.05, 0) is 50.5 Å². The third-order valence-corrected chi connectivity index (χ3v) is 6.55. The summed E-state index contributed by atoms with van der Waals surface area (Å²) in [6, 6.07) is 4.22. The lowest BCUT2D eigenvalue weighted by molar-refractivity contribution is -0.137. The maximum atomic E-state index is 13.3. The number of fused-ring (bicyclic) bond motifs is 1. The van der Waals surface area contributed by atoms with E-state index >= 15 is 0 Å².